The Hall–Kier alpha value is -1.20. The first-order chi connectivity index (χ1) is 6.57. The molecular formula is C12H17NO. The zero-order valence-electron chi connectivity index (χ0n) is 9.27. The van der Waals surface area contributed by atoms with E-state index in [1.165, 1.54) is 0 Å². The Bertz CT molecular complexity index is 379. The molecule has 0 aliphatic carbocycles. The van der Waals surface area contributed by atoms with Gasteiger partial charge in [0.1, 0.15) is 11.5 Å². The van der Waals surface area contributed by atoms with Crippen molar-refractivity contribution in [3.05, 3.63) is 22.6 Å². The lowest BCUT2D eigenvalue weighted by atomic mass is 10.0. The normalized spacial score (nSPS) is 12.1. The van der Waals surface area contributed by atoms with Crippen molar-refractivity contribution in [1.29, 1.82) is 0 Å². The van der Waals surface area contributed by atoms with Crippen LogP contribution in [-0.2, 0) is 0 Å². The molecule has 1 atom stereocenters. The molecule has 1 unspecified atom stereocenters. The molecule has 2 N–H and O–H groups in total. The van der Waals surface area contributed by atoms with Crippen LogP contribution in [0.2, 0.25) is 0 Å². The van der Waals surface area contributed by atoms with Gasteiger partial charge in [-0.25, -0.2) is 0 Å². The quantitative estimate of drug-likeness (QED) is 0.730. The summed E-state index contributed by atoms with van der Waals surface area (Å²) < 4.78 is 5.52. The second-order valence-corrected chi connectivity index (χ2v) is 3.49. The molecule has 0 radical (unpaired) electrons. The van der Waals surface area contributed by atoms with Crippen LogP contribution in [0.4, 0.5) is 0 Å². The van der Waals surface area contributed by atoms with Gasteiger partial charge in [0.05, 0.1) is 0 Å². The monoisotopic (exact) mass is 191 g/mol. The standard InChI is InChI=1S/C12H17NO/c1-5-6-7-11(13)12-8(2)9(3)14-10(12)4/h11H,7,13H2,1-4H3. The highest BCUT2D eigenvalue weighted by Crippen LogP contribution is 2.26. The number of hydrogen-bond acceptors (Lipinski definition) is 2. The predicted octanol–water partition coefficient (Wildman–Crippen LogP) is 2.62. The Morgan fingerprint density at radius 3 is 2.36 bits per heavy atom. The van der Waals surface area contributed by atoms with Crippen LogP contribution in [0.1, 0.15) is 42.0 Å². The van der Waals surface area contributed by atoms with Crippen molar-refractivity contribution in [3.8, 4) is 11.8 Å². The van der Waals surface area contributed by atoms with Gasteiger partial charge in [-0.2, -0.15) is 0 Å². The highest BCUT2D eigenvalue weighted by atomic mass is 16.3. The van der Waals surface area contributed by atoms with E-state index in [0.29, 0.717) is 6.42 Å². The van der Waals surface area contributed by atoms with Crippen LogP contribution in [0.3, 0.4) is 0 Å². The number of furan rings is 1. The Morgan fingerprint density at radius 1 is 1.29 bits per heavy atom. The molecule has 0 amide bonds. The molecule has 0 saturated carbocycles. The largest absolute Gasteiger partial charge is 0.466 e. The SMILES string of the molecule is CC#CCC(N)c1c(C)oc(C)c1C. The van der Waals surface area contributed by atoms with Gasteiger partial charge in [0.2, 0.25) is 0 Å². The summed E-state index contributed by atoms with van der Waals surface area (Å²) in [5, 5.41) is 0. The van der Waals surface area contributed by atoms with Crippen LogP contribution >= 0.6 is 0 Å². The van der Waals surface area contributed by atoms with Crippen LogP contribution in [0.25, 0.3) is 0 Å². The van der Waals surface area contributed by atoms with E-state index in [9.17, 15) is 0 Å². The van der Waals surface area contributed by atoms with Crippen LogP contribution in [0, 0.1) is 32.6 Å². The molecule has 0 aliphatic rings. The van der Waals surface area contributed by atoms with Gasteiger partial charge in [0, 0.05) is 18.0 Å². The molecule has 2 heteroatoms. The maximum Gasteiger partial charge on any atom is 0.106 e. The van der Waals surface area contributed by atoms with Crippen molar-refractivity contribution in [2.45, 2.75) is 40.2 Å². The fourth-order valence-electron chi connectivity index (χ4n) is 1.67. The molecule has 0 spiro atoms. The van der Waals surface area contributed by atoms with Gasteiger partial charge in [-0.05, 0) is 33.3 Å². The van der Waals surface area contributed by atoms with Gasteiger partial charge < -0.3 is 10.2 Å². The minimum Gasteiger partial charge on any atom is -0.466 e. The molecule has 0 aromatic carbocycles. The smallest absolute Gasteiger partial charge is 0.106 e. The number of hydrogen-bond donors (Lipinski definition) is 1. The first-order valence-electron chi connectivity index (χ1n) is 4.79. The summed E-state index contributed by atoms with van der Waals surface area (Å²) in [7, 11) is 0. The first-order valence-corrected chi connectivity index (χ1v) is 4.79. The molecule has 0 aliphatic heterocycles. The molecule has 0 saturated heterocycles. The van der Waals surface area contributed by atoms with Crippen molar-refractivity contribution in [3.63, 3.8) is 0 Å². The maximum atomic E-state index is 6.03. The summed E-state index contributed by atoms with van der Waals surface area (Å²) in [6, 6.07) is -0.0279. The maximum absolute atomic E-state index is 6.03. The molecule has 0 bridgehead atoms. The van der Waals surface area contributed by atoms with E-state index in [0.717, 1.165) is 22.6 Å². The Balaban J connectivity index is 2.97. The Labute approximate surface area is 85.5 Å². The Kier molecular flexibility index (Phi) is 3.38. The third-order valence-electron chi connectivity index (χ3n) is 2.49. The van der Waals surface area contributed by atoms with Crippen molar-refractivity contribution in [2.24, 2.45) is 5.73 Å². The van der Waals surface area contributed by atoms with Gasteiger partial charge in [0.15, 0.2) is 0 Å². The van der Waals surface area contributed by atoms with Gasteiger partial charge in [-0.1, -0.05) is 0 Å². The summed E-state index contributed by atoms with van der Waals surface area (Å²) in [6.45, 7) is 7.78. The fourth-order valence-corrected chi connectivity index (χ4v) is 1.67. The first kappa shape index (κ1) is 10.9. The van der Waals surface area contributed by atoms with Crippen molar-refractivity contribution >= 4 is 0 Å². The summed E-state index contributed by atoms with van der Waals surface area (Å²) >= 11 is 0. The zero-order chi connectivity index (χ0) is 10.7. The van der Waals surface area contributed by atoms with Crippen molar-refractivity contribution in [2.75, 3.05) is 0 Å². The lowest BCUT2D eigenvalue weighted by Crippen LogP contribution is -2.10. The average molecular weight is 191 g/mol. The van der Waals surface area contributed by atoms with Crippen LogP contribution in [-0.4, -0.2) is 0 Å². The number of rotatable bonds is 2. The molecule has 1 rings (SSSR count). The highest BCUT2D eigenvalue weighted by molar-refractivity contribution is 5.34. The van der Waals surface area contributed by atoms with E-state index in [2.05, 4.69) is 11.8 Å². The number of nitrogens with two attached hydrogens (primary N) is 1. The van der Waals surface area contributed by atoms with Crippen LogP contribution < -0.4 is 5.73 Å². The van der Waals surface area contributed by atoms with Gasteiger partial charge >= 0.3 is 0 Å². The van der Waals surface area contributed by atoms with Crippen LogP contribution in [0.5, 0.6) is 0 Å². The minimum atomic E-state index is -0.0279. The topological polar surface area (TPSA) is 39.2 Å². The third-order valence-corrected chi connectivity index (χ3v) is 2.49. The molecular weight excluding hydrogens is 174 g/mol. The van der Waals surface area contributed by atoms with Gasteiger partial charge in [-0.3, -0.25) is 0 Å². The van der Waals surface area contributed by atoms with Gasteiger partial charge in [0.25, 0.3) is 0 Å². The van der Waals surface area contributed by atoms with Crippen molar-refractivity contribution in [1.82, 2.24) is 0 Å². The second-order valence-electron chi connectivity index (χ2n) is 3.49. The third kappa shape index (κ3) is 2.00. The van der Waals surface area contributed by atoms with Crippen LogP contribution in [0.15, 0.2) is 4.42 Å². The average Bonchev–Trinajstić information content (AvgIpc) is 2.38. The van der Waals surface area contributed by atoms with Gasteiger partial charge in [-0.15, -0.1) is 11.8 Å². The highest BCUT2D eigenvalue weighted by Gasteiger charge is 2.16. The summed E-state index contributed by atoms with van der Waals surface area (Å²) in [5.41, 5.74) is 8.31. The molecule has 0 fully saturated rings. The van der Waals surface area contributed by atoms with E-state index in [-0.39, 0.29) is 6.04 Å². The number of aryl methyl sites for hydroxylation is 2. The molecule has 1 aromatic rings. The molecule has 2 nitrogen and oxygen atoms in total. The summed E-state index contributed by atoms with van der Waals surface area (Å²) in [6.07, 6.45) is 0.692. The van der Waals surface area contributed by atoms with E-state index < -0.39 is 0 Å². The summed E-state index contributed by atoms with van der Waals surface area (Å²) in [4.78, 5) is 0. The Morgan fingerprint density at radius 2 is 1.93 bits per heavy atom. The van der Waals surface area contributed by atoms with E-state index in [1.54, 1.807) is 0 Å². The molecule has 14 heavy (non-hydrogen) atoms. The molecule has 1 aromatic heterocycles. The lowest BCUT2D eigenvalue weighted by Gasteiger charge is -2.07. The van der Waals surface area contributed by atoms with Crippen molar-refractivity contribution < 1.29 is 4.42 Å². The zero-order valence-corrected chi connectivity index (χ0v) is 9.27. The minimum absolute atomic E-state index is 0.0279. The molecule has 76 valence electrons. The second kappa shape index (κ2) is 4.34. The van der Waals surface area contributed by atoms with E-state index >= 15 is 0 Å². The summed E-state index contributed by atoms with van der Waals surface area (Å²) in [5.74, 6) is 7.72. The molecule has 1 heterocycles. The predicted molar refractivity (Wildman–Crippen MR) is 57.9 cm³/mol. The lowest BCUT2D eigenvalue weighted by molar-refractivity contribution is 0.496. The van der Waals surface area contributed by atoms with E-state index in [1.807, 2.05) is 27.7 Å². The fraction of sp³-hybridized carbons (Fsp3) is 0.500. The van der Waals surface area contributed by atoms with E-state index in [4.69, 9.17) is 10.2 Å².